The van der Waals surface area contributed by atoms with Crippen LogP contribution in [0, 0.1) is 10.1 Å². The van der Waals surface area contributed by atoms with Gasteiger partial charge in [-0.1, -0.05) is 25.7 Å². The van der Waals surface area contributed by atoms with Crippen LogP contribution in [-0.2, 0) is 4.79 Å². The molecule has 1 aliphatic rings. The zero-order valence-electron chi connectivity index (χ0n) is 11.8. The number of hydrogen-bond acceptors (Lipinski definition) is 5. The molecule has 2 rings (SSSR count). The highest BCUT2D eigenvalue weighted by Gasteiger charge is 2.18. The van der Waals surface area contributed by atoms with E-state index in [4.69, 9.17) is 4.74 Å². The van der Waals surface area contributed by atoms with Crippen molar-refractivity contribution in [1.29, 1.82) is 0 Å². The van der Waals surface area contributed by atoms with Crippen molar-refractivity contribution in [3.05, 3.63) is 28.4 Å². The summed E-state index contributed by atoms with van der Waals surface area (Å²) in [6.07, 6.45) is 7.96. The number of aromatic nitrogens is 1. The third-order valence-corrected chi connectivity index (χ3v) is 3.50. The zero-order valence-corrected chi connectivity index (χ0v) is 11.8. The van der Waals surface area contributed by atoms with E-state index in [1.165, 1.54) is 31.2 Å². The molecule has 114 valence electrons. The molecule has 21 heavy (non-hydrogen) atoms. The predicted molar refractivity (Wildman–Crippen MR) is 76.0 cm³/mol. The molecule has 1 amide bonds. The molecular formula is C14H19N3O4. The predicted octanol–water partition coefficient (Wildman–Crippen LogP) is 2.21. The fraction of sp³-hybridized carbons (Fsp3) is 0.571. The standard InChI is InChI=1S/C14H19N3O4/c18-13(16-11-6-3-1-2-4-7-11)10-21-12-8-5-9-15-14(12)17(19)20/h5,8-9,11H,1-4,6-7,10H2,(H,16,18). The number of nitrogens with one attached hydrogen (secondary N) is 1. The summed E-state index contributed by atoms with van der Waals surface area (Å²) in [5, 5.41) is 13.7. The topological polar surface area (TPSA) is 94.4 Å². The number of hydrogen-bond donors (Lipinski definition) is 1. The van der Waals surface area contributed by atoms with Gasteiger partial charge in [0.05, 0.1) is 0 Å². The summed E-state index contributed by atoms with van der Waals surface area (Å²) in [6, 6.07) is 3.16. The fourth-order valence-corrected chi connectivity index (χ4v) is 2.47. The molecule has 0 unspecified atom stereocenters. The van der Waals surface area contributed by atoms with Crippen LogP contribution in [-0.4, -0.2) is 28.5 Å². The van der Waals surface area contributed by atoms with Crippen LogP contribution >= 0.6 is 0 Å². The highest BCUT2D eigenvalue weighted by molar-refractivity contribution is 5.77. The van der Waals surface area contributed by atoms with Crippen LogP contribution in [0.2, 0.25) is 0 Å². The largest absolute Gasteiger partial charge is 0.476 e. The zero-order chi connectivity index (χ0) is 15.1. The second-order valence-electron chi connectivity index (χ2n) is 5.13. The number of pyridine rings is 1. The lowest BCUT2D eigenvalue weighted by Gasteiger charge is -2.16. The molecule has 1 fully saturated rings. The van der Waals surface area contributed by atoms with Gasteiger partial charge in [0.1, 0.15) is 6.20 Å². The minimum Gasteiger partial charge on any atom is -0.476 e. The molecule has 1 aromatic heterocycles. The van der Waals surface area contributed by atoms with Crippen LogP contribution in [0.3, 0.4) is 0 Å². The first-order valence-electron chi connectivity index (χ1n) is 7.18. The molecule has 1 aliphatic carbocycles. The average Bonchev–Trinajstić information content (AvgIpc) is 2.74. The van der Waals surface area contributed by atoms with Gasteiger partial charge < -0.3 is 20.2 Å². The maximum Gasteiger partial charge on any atom is 0.406 e. The normalized spacial score (nSPS) is 16.0. The Morgan fingerprint density at radius 3 is 2.76 bits per heavy atom. The highest BCUT2D eigenvalue weighted by atomic mass is 16.6. The minimum absolute atomic E-state index is 0.0125. The van der Waals surface area contributed by atoms with Crippen molar-refractivity contribution in [2.45, 2.75) is 44.6 Å². The van der Waals surface area contributed by atoms with Gasteiger partial charge in [0.15, 0.2) is 6.61 Å². The molecule has 0 aliphatic heterocycles. The summed E-state index contributed by atoms with van der Waals surface area (Å²) in [6.45, 7) is -0.233. The molecule has 7 nitrogen and oxygen atoms in total. The lowest BCUT2D eigenvalue weighted by atomic mass is 10.1. The Morgan fingerprint density at radius 1 is 1.38 bits per heavy atom. The van der Waals surface area contributed by atoms with Gasteiger partial charge in [-0.25, -0.2) is 0 Å². The van der Waals surface area contributed by atoms with Crippen LogP contribution in [0.25, 0.3) is 0 Å². The molecule has 0 atom stereocenters. The molecule has 7 heteroatoms. The van der Waals surface area contributed by atoms with E-state index in [1.807, 2.05) is 0 Å². The molecule has 1 N–H and O–H groups in total. The first-order valence-corrected chi connectivity index (χ1v) is 7.18. The van der Waals surface area contributed by atoms with Crippen molar-refractivity contribution in [1.82, 2.24) is 10.3 Å². The van der Waals surface area contributed by atoms with Gasteiger partial charge in [-0.15, -0.1) is 0 Å². The third-order valence-electron chi connectivity index (χ3n) is 3.50. The second kappa shape index (κ2) is 7.56. The molecular weight excluding hydrogens is 274 g/mol. The van der Waals surface area contributed by atoms with Crippen molar-refractivity contribution in [3.63, 3.8) is 0 Å². The minimum atomic E-state index is -0.626. The fourth-order valence-electron chi connectivity index (χ4n) is 2.47. The maximum atomic E-state index is 11.9. The first-order chi connectivity index (χ1) is 10.2. The van der Waals surface area contributed by atoms with Crippen molar-refractivity contribution in [3.8, 4) is 5.75 Å². The Bertz CT molecular complexity index is 499. The van der Waals surface area contributed by atoms with Crippen molar-refractivity contribution >= 4 is 11.7 Å². The smallest absolute Gasteiger partial charge is 0.406 e. The second-order valence-corrected chi connectivity index (χ2v) is 5.13. The van der Waals surface area contributed by atoms with E-state index < -0.39 is 4.92 Å². The summed E-state index contributed by atoms with van der Waals surface area (Å²) in [4.78, 5) is 25.6. The Kier molecular flexibility index (Phi) is 5.48. The molecule has 1 saturated carbocycles. The Labute approximate surface area is 122 Å². The first kappa shape index (κ1) is 15.2. The molecule has 1 heterocycles. The van der Waals surface area contributed by atoms with Crippen LogP contribution < -0.4 is 10.1 Å². The van der Waals surface area contributed by atoms with E-state index in [2.05, 4.69) is 10.3 Å². The van der Waals surface area contributed by atoms with E-state index in [-0.39, 0.29) is 30.1 Å². The van der Waals surface area contributed by atoms with Gasteiger partial charge in [0, 0.05) is 6.04 Å². The summed E-state index contributed by atoms with van der Waals surface area (Å²) >= 11 is 0. The van der Waals surface area contributed by atoms with Gasteiger partial charge in [0.2, 0.25) is 5.75 Å². The van der Waals surface area contributed by atoms with E-state index in [9.17, 15) is 14.9 Å². The third kappa shape index (κ3) is 4.70. The van der Waals surface area contributed by atoms with Gasteiger partial charge in [-0.05, 0) is 34.9 Å². The number of ether oxygens (including phenoxy) is 1. The van der Waals surface area contributed by atoms with Crippen LogP contribution in [0.1, 0.15) is 38.5 Å². The quantitative estimate of drug-likeness (QED) is 0.510. The summed E-state index contributed by atoms with van der Waals surface area (Å²) in [5.41, 5.74) is 0. The Hall–Kier alpha value is -2.18. The summed E-state index contributed by atoms with van der Waals surface area (Å²) < 4.78 is 5.22. The van der Waals surface area contributed by atoms with Crippen molar-refractivity contribution in [2.75, 3.05) is 6.61 Å². The van der Waals surface area contributed by atoms with E-state index in [0.29, 0.717) is 0 Å². The summed E-state index contributed by atoms with van der Waals surface area (Å²) in [5.74, 6) is -0.613. The Morgan fingerprint density at radius 2 is 2.10 bits per heavy atom. The SMILES string of the molecule is O=C(COc1cccnc1[N+](=O)[O-])NC1CCCCCC1. The van der Waals surface area contributed by atoms with Crippen LogP contribution in [0.5, 0.6) is 5.75 Å². The molecule has 0 saturated heterocycles. The van der Waals surface area contributed by atoms with E-state index >= 15 is 0 Å². The van der Waals surface area contributed by atoms with Gasteiger partial charge in [-0.3, -0.25) is 4.79 Å². The molecule has 0 aromatic carbocycles. The average molecular weight is 293 g/mol. The van der Waals surface area contributed by atoms with E-state index in [1.54, 1.807) is 0 Å². The lowest BCUT2D eigenvalue weighted by Crippen LogP contribution is -2.37. The number of amides is 1. The molecule has 0 bridgehead atoms. The maximum absolute atomic E-state index is 11.9. The van der Waals surface area contributed by atoms with Gasteiger partial charge >= 0.3 is 5.82 Å². The number of rotatable bonds is 5. The van der Waals surface area contributed by atoms with E-state index in [0.717, 1.165) is 25.7 Å². The Balaban J connectivity index is 1.85. The number of carbonyl (C=O) groups excluding carboxylic acids is 1. The highest BCUT2D eigenvalue weighted by Crippen LogP contribution is 2.22. The monoisotopic (exact) mass is 293 g/mol. The number of nitrogens with zero attached hydrogens (tertiary/aromatic N) is 2. The van der Waals surface area contributed by atoms with Crippen LogP contribution in [0.15, 0.2) is 18.3 Å². The van der Waals surface area contributed by atoms with Crippen LogP contribution in [0.4, 0.5) is 5.82 Å². The molecule has 0 radical (unpaired) electrons. The molecule has 1 aromatic rings. The van der Waals surface area contributed by atoms with Crippen molar-refractivity contribution in [2.24, 2.45) is 0 Å². The summed E-state index contributed by atoms with van der Waals surface area (Å²) in [7, 11) is 0. The van der Waals surface area contributed by atoms with Crippen molar-refractivity contribution < 1.29 is 14.5 Å². The van der Waals surface area contributed by atoms with Gasteiger partial charge in [-0.2, -0.15) is 0 Å². The van der Waals surface area contributed by atoms with Gasteiger partial charge in [0.25, 0.3) is 5.91 Å². The number of carbonyl (C=O) groups is 1. The number of nitro groups is 1. The lowest BCUT2D eigenvalue weighted by molar-refractivity contribution is -0.390. The molecule has 0 spiro atoms.